The number of aromatic nitrogens is 1. The molecule has 0 saturated carbocycles. The van der Waals surface area contributed by atoms with E-state index in [4.69, 9.17) is 4.74 Å². The van der Waals surface area contributed by atoms with Crippen LogP contribution in [-0.4, -0.2) is 17.0 Å². The van der Waals surface area contributed by atoms with Gasteiger partial charge < -0.3 is 9.30 Å². The zero-order chi connectivity index (χ0) is 9.42. The molecule has 1 aliphatic rings. The van der Waals surface area contributed by atoms with E-state index in [0.717, 1.165) is 18.7 Å². The van der Waals surface area contributed by atoms with Gasteiger partial charge in [0.05, 0.1) is 18.9 Å². The molecular formula is C10H13NO2. The quantitative estimate of drug-likeness (QED) is 0.608. The first-order valence-electron chi connectivity index (χ1n) is 4.46. The molecule has 0 radical (unpaired) electrons. The van der Waals surface area contributed by atoms with Crippen LogP contribution in [0.15, 0.2) is 6.07 Å². The summed E-state index contributed by atoms with van der Waals surface area (Å²) in [6.45, 7) is 3.01. The number of carbonyl (C=O) groups is 1. The number of hydrogen-bond acceptors (Lipinski definition) is 2. The lowest BCUT2D eigenvalue weighted by Gasteiger charge is -2.13. The summed E-state index contributed by atoms with van der Waals surface area (Å²) in [5.41, 5.74) is 3.20. The number of rotatable bonds is 1. The average molecular weight is 179 g/mol. The maximum atomic E-state index is 11.2. The number of fused-ring (bicyclic) bond motifs is 1. The molecule has 0 N–H and O–H groups in total. The normalized spacial score (nSPS) is 15.5. The Bertz CT molecular complexity index is 352. The van der Waals surface area contributed by atoms with E-state index in [2.05, 4.69) is 0 Å². The molecule has 1 aromatic heterocycles. The Morgan fingerprint density at radius 1 is 1.62 bits per heavy atom. The molecule has 0 spiro atoms. The summed E-state index contributed by atoms with van der Waals surface area (Å²) in [6, 6.07) is 1.94. The SMILES string of the molecule is CC(=O)c1cc2c(n1C)CCOC2. The second-order valence-electron chi connectivity index (χ2n) is 3.42. The molecule has 0 aromatic carbocycles. The molecule has 70 valence electrons. The van der Waals surface area contributed by atoms with Crippen LogP contribution in [-0.2, 0) is 24.8 Å². The third-order valence-corrected chi connectivity index (χ3v) is 2.55. The van der Waals surface area contributed by atoms with Crippen LogP contribution in [0.4, 0.5) is 0 Å². The van der Waals surface area contributed by atoms with Crippen LogP contribution in [0.2, 0.25) is 0 Å². The number of ketones is 1. The van der Waals surface area contributed by atoms with Gasteiger partial charge in [-0.25, -0.2) is 0 Å². The number of carbonyl (C=O) groups excluding carboxylic acids is 1. The van der Waals surface area contributed by atoms with Gasteiger partial charge in [0, 0.05) is 26.1 Å². The maximum absolute atomic E-state index is 11.2. The molecule has 0 aliphatic carbocycles. The van der Waals surface area contributed by atoms with Crippen molar-refractivity contribution in [1.82, 2.24) is 4.57 Å². The molecule has 0 saturated heterocycles. The highest BCUT2D eigenvalue weighted by Gasteiger charge is 2.17. The first-order valence-corrected chi connectivity index (χ1v) is 4.46. The number of ether oxygens (including phenoxy) is 1. The summed E-state index contributed by atoms with van der Waals surface area (Å²) < 4.78 is 7.31. The van der Waals surface area contributed by atoms with E-state index >= 15 is 0 Å². The molecule has 2 rings (SSSR count). The average Bonchev–Trinajstić information content (AvgIpc) is 2.45. The van der Waals surface area contributed by atoms with Crippen molar-refractivity contribution in [2.24, 2.45) is 7.05 Å². The second-order valence-corrected chi connectivity index (χ2v) is 3.42. The molecule has 0 unspecified atom stereocenters. The highest BCUT2D eigenvalue weighted by atomic mass is 16.5. The van der Waals surface area contributed by atoms with Crippen LogP contribution in [0, 0.1) is 0 Å². The summed E-state index contributed by atoms with van der Waals surface area (Å²) in [6.07, 6.45) is 0.916. The predicted octanol–water partition coefficient (Wildman–Crippen LogP) is 1.30. The zero-order valence-electron chi connectivity index (χ0n) is 7.96. The molecule has 0 atom stereocenters. The van der Waals surface area contributed by atoms with E-state index in [1.54, 1.807) is 6.92 Å². The molecule has 0 fully saturated rings. The first-order chi connectivity index (χ1) is 6.20. The number of nitrogens with zero attached hydrogens (tertiary/aromatic N) is 1. The van der Waals surface area contributed by atoms with Gasteiger partial charge in [-0.3, -0.25) is 4.79 Å². The molecule has 2 heterocycles. The van der Waals surface area contributed by atoms with Crippen LogP contribution in [0.1, 0.15) is 28.7 Å². The standard InChI is InChI=1S/C10H13NO2/c1-7(12)10-5-8-6-13-4-3-9(8)11(10)2/h5H,3-4,6H2,1-2H3. The Labute approximate surface area is 77.3 Å². The van der Waals surface area contributed by atoms with Crippen molar-refractivity contribution >= 4 is 5.78 Å². The third kappa shape index (κ3) is 1.29. The maximum Gasteiger partial charge on any atom is 0.176 e. The fourth-order valence-corrected chi connectivity index (χ4v) is 1.85. The van der Waals surface area contributed by atoms with Gasteiger partial charge in [0.1, 0.15) is 0 Å². The molecule has 0 bridgehead atoms. The molecule has 1 aromatic rings. The summed E-state index contributed by atoms with van der Waals surface area (Å²) in [7, 11) is 1.95. The first kappa shape index (κ1) is 8.51. The third-order valence-electron chi connectivity index (χ3n) is 2.55. The van der Waals surface area contributed by atoms with Gasteiger partial charge in [0.2, 0.25) is 0 Å². The van der Waals surface area contributed by atoms with Crippen molar-refractivity contribution in [3.05, 3.63) is 23.0 Å². The van der Waals surface area contributed by atoms with E-state index in [1.807, 2.05) is 17.7 Å². The Kier molecular flexibility index (Phi) is 1.96. The van der Waals surface area contributed by atoms with Gasteiger partial charge in [-0.1, -0.05) is 0 Å². The Balaban J connectivity index is 2.50. The van der Waals surface area contributed by atoms with Crippen LogP contribution >= 0.6 is 0 Å². The largest absolute Gasteiger partial charge is 0.376 e. The van der Waals surface area contributed by atoms with Crippen LogP contribution < -0.4 is 0 Å². The summed E-state index contributed by atoms with van der Waals surface area (Å²) in [5.74, 6) is 0.122. The van der Waals surface area contributed by atoms with Gasteiger partial charge >= 0.3 is 0 Å². The van der Waals surface area contributed by atoms with E-state index in [9.17, 15) is 4.79 Å². The fraction of sp³-hybridized carbons (Fsp3) is 0.500. The van der Waals surface area contributed by atoms with Crippen LogP contribution in [0.25, 0.3) is 0 Å². The van der Waals surface area contributed by atoms with Crippen molar-refractivity contribution in [1.29, 1.82) is 0 Å². The van der Waals surface area contributed by atoms with Crippen molar-refractivity contribution in [3.8, 4) is 0 Å². The predicted molar refractivity (Wildman–Crippen MR) is 48.8 cm³/mol. The van der Waals surface area contributed by atoms with Crippen molar-refractivity contribution in [2.75, 3.05) is 6.61 Å². The highest BCUT2D eigenvalue weighted by molar-refractivity contribution is 5.93. The van der Waals surface area contributed by atoms with Crippen LogP contribution in [0.3, 0.4) is 0 Å². The van der Waals surface area contributed by atoms with Crippen LogP contribution in [0.5, 0.6) is 0 Å². The molecule has 13 heavy (non-hydrogen) atoms. The van der Waals surface area contributed by atoms with Crippen molar-refractivity contribution in [3.63, 3.8) is 0 Å². The van der Waals surface area contributed by atoms with Gasteiger partial charge in [0.25, 0.3) is 0 Å². The fourth-order valence-electron chi connectivity index (χ4n) is 1.85. The molecule has 3 nitrogen and oxygen atoms in total. The summed E-state index contributed by atoms with van der Waals surface area (Å²) >= 11 is 0. The Morgan fingerprint density at radius 3 is 3.00 bits per heavy atom. The summed E-state index contributed by atoms with van der Waals surface area (Å²) in [4.78, 5) is 11.2. The lowest BCUT2D eigenvalue weighted by atomic mass is 10.1. The lowest BCUT2D eigenvalue weighted by molar-refractivity contribution is 0.100. The summed E-state index contributed by atoms with van der Waals surface area (Å²) in [5, 5.41) is 0. The minimum absolute atomic E-state index is 0.122. The molecular weight excluding hydrogens is 166 g/mol. The minimum Gasteiger partial charge on any atom is -0.376 e. The van der Waals surface area contributed by atoms with E-state index in [1.165, 1.54) is 11.3 Å². The molecule has 0 amide bonds. The topological polar surface area (TPSA) is 31.2 Å². The van der Waals surface area contributed by atoms with E-state index < -0.39 is 0 Å². The lowest BCUT2D eigenvalue weighted by Crippen LogP contribution is -2.12. The van der Waals surface area contributed by atoms with E-state index in [-0.39, 0.29) is 5.78 Å². The van der Waals surface area contributed by atoms with Gasteiger partial charge in [0.15, 0.2) is 5.78 Å². The highest BCUT2D eigenvalue weighted by Crippen LogP contribution is 2.20. The van der Waals surface area contributed by atoms with Gasteiger partial charge in [-0.15, -0.1) is 0 Å². The minimum atomic E-state index is 0.122. The smallest absolute Gasteiger partial charge is 0.176 e. The Hall–Kier alpha value is -1.09. The molecule has 3 heteroatoms. The van der Waals surface area contributed by atoms with Gasteiger partial charge in [-0.05, 0) is 11.6 Å². The Morgan fingerprint density at radius 2 is 2.38 bits per heavy atom. The zero-order valence-corrected chi connectivity index (χ0v) is 7.96. The van der Waals surface area contributed by atoms with Crippen molar-refractivity contribution in [2.45, 2.75) is 20.0 Å². The van der Waals surface area contributed by atoms with E-state index in [0.29, 0.717) is 6.61 Å². The van der Waals surface area contributed by atoms with Gasteiger partial charge in [-0.2, -0.15) is 0 Å². The number of hydrogen-bond donors (Lipinski definition) is 0. The molecule has 1 aliphatic heterocycles. The number of Topliss-reactive ketones (excluding diaryl/α,β-unsaturated/α-hetero) is 1. The second kappa shape index (κ2) is 3.00. The van der Waals surface area contributed by atoms with Crippen molar-refractivity contribution < 1.29 is 9.53 Å². The monoisotopic (exact) mass is 179 g/mol.